The highest BCUT2D eigenvalue weighted by Crippen LogP contribution is 2.32. The highest BCUT2D eigenvalue weighted by molar-refractivity contribution is 6.32. The van der Waals surface area contributed by atoms with Gasteiger partial charge >= 0.3 is 0 Å². The molecule has 0 unspecified atom stereocenters. The van der Waals surface area contributed by atoms with Crippen molar-refractivity contribution in [3.63, 3.8) is 0 Å². The minimum absolute atomic E-state index is 0.00223. The van der Waals surface area contributed by atoms with Crippen molar-refractivity contribution in [1.82, 2.24) is 10.9 Å². The van der Waals surface area contributed by atoms with Gasteiger partial charge in [0.15, 0.2) is 11.5 Å². The van der Waals surface area contributed by atoms with Gasteiger partial charge in [-0.3, -0.25) is 30.6 Å². The number of benzene rings is 2. The van der Waals surface area contributed by atoms with Crippen molar-refractivity contribution >= 4 is 35.2 Å². The molecule has 2 aromatic carbocycles. The topological polar surface area (TPSA) is 120 Å². The number of nitro benzene ring substituents is 1. The van der Waals surface area contributed by atoms with Gasteiger partial charge in [-0.05, 0) is 35.9 Å². The number of nitro groups is 1. The van der Waals surface area contributed by atoms with Gasteiger partial charge in [0.2, 0.25) is 6.79 Å². The number of rotatable bonds is 4. The first-order valence-corrected chi connectivity index (χ1v) is 7.94. The van der Waals surface area contributed by atoms with Crippen LogP contribution in [0.25, 0.3) is 6.08 Å². The molecule has 2 amide bonds. The van der Waals surface area contributed by atoms with Crippen LogP contribution in [0.3, 0.4) is 0 Å². The van der Waals surface area contributed by atoms with E-state index in [4.69, 9.17) is 21.1 Å². The Bertz CT molecular complexity index is 960. The van der Waals surface area contributed by atoms with Crippen LogP contribution in [0.1, 0.15) is 15.9 Å². The van der Waals surface area contributed by atoms with Crippen LogP contribution in [-0.4, -0.2) is 23.5 Å². The molecule has 9 nitrogen and oxygen atoms in total. The first kappa shape index (κ1) is 18.2. The average Bonchev–Trinajstić information content (AvgIpc) is 3.12. The number of halogens is 1. The Kier molecular flexibility index (Phi) is 5.23. The SMILES string of the molecule is O=C(/C=C/c1ccc(Cl)c([N+](=O)[O-])c1)NNC(=O)c1ccc2c(c1)OCO2. The number of hydrogen-bond acceptors (Lipinski definition) is 6. The third kappa shape index (κ3) is 4.33. The molecule has 0 radical (unpaired) electrons. The molecular formula is C17H12ClN3O6. The van der Waals surface area contributed by atoms with E-state index in [0.717, 1.165) is 6.08 Å². The summed E-state index contributed by atoms with van der Waals surface area (Å²) < 4.78 is 10.3. The van der Waals surface area contributed by atoms with Crippen molar-refractivity contribution in [3.05, 3.63) is 68.7 Å². The lowest BCUT2D eigenvalue weighted by molar-refractivity contribution is -0.384. The molecule has 0 spiro atoms. The van der Waals surface area contributed by atoms with Crippen LogP contribution in [0.5, 0.6) is 11.5 Å². The van der Waals surface area contributed by atoms with Crippen LogP contribution in [0.15, 0.2) is 42.5 Å². The molecule has 0 saturated carbocycles. The molecule has 0 fully saturated rings. The molecule has 0 saturated heterocycles. The number of ether oxygens (including phenoxy) is 2. The van der Waals surface area contributed by atoms with E-state index in [2.05, 4.69) is 10.9 Å². The van der Waals surface area contributed by atoms with Gasteiger partial charge in [0.05, 0.1) is 4.92 Å². The molecule has 1 heterocycles. The second kappa shape index (κ2) is 7.75. The Morgan fingerprint density at radius 3 is 2.67 bits per heavy atom. The molecule has 0 aromatic heterocycles. The number of nitrogens with one attached hydrogen (secondary N) is 2. The smallest absolute Gasteiger partial charge is 0.288 e. The molecule has 0 atom stereocenters. The maximum absolute atomic E-state index is 12.0. The number of hydrazine groups is 1. The Morgan fingerprint density at radius 2 is 1.89 bits per heavy atom. The van der Waals surface area contributed by atoms with Crippen molar-refractivity contribution in [2.45, 2.75) is 0 Å². The van der Waals surface area contributed by atoms with Gasteiger partial charge in [0, 0.05) is 17.7 Å². The lowest BCUT2D eigenvalue weighted by Gasteiger charge is -2.06. The zero-order valence-corrected chi connectivity index (χ0v) is 14.4. The molecule has 0 bridgehead atoms. The van der Waals surface area contributed by atoms with E-state index in [1.54, 1.807) is 6.07 Å². The lowest BCUT2D eigenvalue weighted by Crippen LogP contribution is -2.40. The van der Waals surface area contributed by atoms with Crippen molar-refractivity contribution in [1.29, 1.82) is 0 Å². The monoisotopic (exact) mass is 389 g/mol. The first-order valence-electron chi connectivity index (χ1n) is 7.56. The Balaban J connectivity index is 1.58. The Morgan fingerprint density at radius 1 is 1.11 bits per heavy atom. The van der Waals surface area contributed by atoms with Crippen LogP contribution in [0.4, 0.5) is 5.69 Å². The largest absolute Gasteiger partial charge is 0.454 e. The fraction of sp³-hybridized carbons (Fsp3) is 0.0588. The van der Waals surface area contributed by atoms with E-state index in [1.807, 2.05) is 0 Å². The third-order valence-electron chi connectivity index (χ3n) is 3.53. The average molecular weight is 390 g/mol. The van der Waals surface area contributed by atoms with E-state index in [-0.39, 0.29) is 23.1 Å². The van der Waals surface area contributed by atoms with E-state index >= 15 is 0 Å². The van der Waals surface area contributed by atoms with Crippen LogP contribution in [-0.2, 0) is 4.79 Å². The van der Waals surface area contributed by atoms with Gasteiger partial charge < -0.3 is 9.47 Å². The molecule has 27 heavy (non-hydrogen) atoms. The summed E-state index contributed by atoms with van der Waals surface area (Å²) in [5.41, 5.74) is 4.87. The summed E-state index contributed by atoms with van der Waals surface area (Å²) in [7, 11) is 0. The third-order valence-corrected chi connectivity index (χ3v) is 3.85. The second-order valence-electron chi connectivity index (χ2n) is 5.31. The number of amides is 2. The predicted octanol–water partition coefficient (Wildman–Crippen LogP) is 2.45. The summed E-state index contributed by atoms with van der Waals surface area (Å²) in [6.45, 7) is 0.0881. The molecular weight excluding hydrogens is 378 g/mol. The Labute approximate surface area is 157 Å². The van der Waals surface area contributed by atoms with E-state index in [0.29, 0.717) is 17.1 Å². The van der Waals surface area contributed by atoms with E-state index in [1.165, 1.54) is 36.4 Å². The molecule has 138 valence electrons. The van der Waals surface area contributed by atoms with Crippen molar-refractivity contribution in [2.75, 3.05) is 6.79 Å². The van der Waals surface area contributed by atoms with Crippen molar-refractivity contribution in [3.8, 4) is 11.5 Å². The van der Waals surface area contributed by atoms with Crippen LogP contribution in [0.2, 0.25) is 5.02 Å². The number of nitrogens with zero attached hydrogens (tertiary/aromatic N) is 1. The summed E-state index contributed by atoms with van der Waals surface area (Å²) in [5.74, 6) is -0.187. The zero-order valence-electron chi connectivity index (χ0n) is 13.6. The predicted molar refractivity (Wildman–Crippen MR) is 95.3 cm³/mol. The molecule has 10 heteroatoms. The Hall–Kier alpha value is -3.59. The maximum atomic E-state index is 12.0. The number of hydrogen-bond donors (Lipinski definition) is 2. The molecule has 0 aliphatic carbocycles. The van der Waals surface area contributed by atoms with Crippen LogP contribution >= 0.6 is 11.6 Å². The molecule has 3 rings (SSSR count). The van der Waals surface area contributed by atoms with E-state index < -0.39 is 16.7 Å². The van der Waals surface area contributed by atoms with Crippen LogP contribution in [0, 0.1) is 10.1 Å². The zero-order chi connectivity index (χ0) is 19.4. The normalized spacial score (nSPS) is 12.0. The van der Waals surface area contributed by atoms with Gasteiger partial charge in [-0.25, -0.2) is 0 Å². The van der Waals surface area contributed by atoms with Gasteiger partial charge in [-0.15, -0.1) is 0 Å². The van der Waals surface area contributed by atoms with Crippen molar-refractivity contribution < 1.29 is 24.0 Å². The quantitative estimate of drug-likeness (QED) is 0.471. The highest BCUT2D eigenvalue weighted by Gasteiger charge is 2.16. The number of carbonyl (C=O) groups excluding carboxylic acids is 2. The van der Waals surface area contributed by atoms with E-state index in [9.17, 15) is 19.7 Å². The minimum Gasteiger partial charge on any atom is -0.454 e. The minimum atomic E-state index is -0.623. The maximum Gasteiger partial charge on any atom is 0.288 e. The second-order valence-corrected chi connectivity index (χ2v) is 5.72. The summed E-state index contributed by atoms with van der Waals surface area (Å²) in [6.07, 6.45) is 2.47. The summed E-state index contributed by atoms with van der Waals surface area (Å²) in [5, 5.41) is 10.8. The highest BCUT2D eigenvalue weighted by atomic mass is 35.5. The molecule has 2 aromatic rings. The summed E-state index contributed by atoms with van der Waals surface area (Å²) in [6, 6.07) is 8.72. The summed E-state index contributed by atoms with van der Waals surface area (Å²) in [4.78, 5) is 34.1. The number of fused-ring (bicyclic) bond motifs is 1. The molecule has 1 aliphatic heterocycles. The standard InChI is InChI=1S/C17H12ClN3O6/c18-12-4-1-10(7-13(12)21(24)25)2-6-16(22)19-20-17(23)11-3-5-14-15(8-11)27-9-26-14/h1-8H,9H2,(H,19,22)(H,20,23)/b6-2+. The molecule has 2 N–H and O–H groups in total. The number of carbonyl (C=O) groups is 2. The lowest BCUT2D eigenvalue weighted by atomic mass is 10.2. The molecule has 1 aliphatic rings. The fourth-order valence-electron chi connectivity index (χ4n) is 2.22. The van der Waals surface area contributed by atoms with Gasteiger partial charge in [-0.2, -0.15) is 0 Å². The first-order chi connectivity index (χ1) is 12.9. The van der Waals surface area contributed by atoms with Gasteiger partial charge in [0.1, 0.15) is 5.02 Å². The van der Waals surface area contributed by atoms with Gasteiger partial charge in [0.25, 0.3) is 17.5 Å². The fourth-order valence-corrected chi connectivity index (χ4v) is 2.40. The summed E-state index contributed by atoms with van der Waals surface area (Å²) >= 11 is 5.72. The van der Waals surface area contributed by atoms with Gasteiger partial charge in [-0.1, -0.05) is 17.7 Å². The van der Waals surface area contributed by atoms with Crippen LogP contribution < -0.4 is 20.3 Å². The van der Waals surface area contributed by atoms with Crippen molar-refractivity contribution in [2.24, 2.45) is 0 Å².